The van der Waals surface area contributed by atoms with E-state index in [0.29, 0.717) is 6.42 Å². The van der Waals surface area contributed by atoms with Crippen LogP contribution in [0.25, 0.3) is 10.9 Å². The summed E-state index contributed by atoms with van der Waals surface area (Å²) in [6.07, 6.45) is 2.09. The number of aliphatic carboxylic acids is 1. The number of H-pyrrole nitrogens is 1. The van der Waals surface area contributed by atoms with Crippen molar-refractivity contribution in [1.29, 1.82) is 0 Å². The Bertz CT molecular complexity index is 1180. The summed E-state index contributed by atoms with van der Waals surface area (Å²) in [5.41, 5.74) is 12.8. The van der Waals surface area contributed by atoms with Crippen molar-refractivity contribution >= 4 is 40.5 Å². The van der Waals surface area contributed by atoms with Crippen molar-refractivity contribution in [3.63, 3.8) is 0 Å². The second kappa shape index (κ2) is 14.3. The fraction of sp³-hybridized carbons (Fsp3) is 0.519. The monoisotopic (exact) mass is 544 g/mol. The van der Waals surface area contributed by atoms with Gasteiger partial charge in [0.15, 0.2) is 0 Å². The number of rotatable bonds is 15. The summed E-state index contributed by atoms with van der Waals surface area (Å²) in [4.78, 5) is 65.7. The Morgan fingerprint density at radius 3 is 2.15 bits per heavy atom. The molecule has 0 radical (unpaired) electrons. The summed E-state index contributed by atoms with van der Waals surface area (Å²) in [6.45, 7) is 6.99. The molecule has 0 bridgehead atoms. The molecule has 2 aromatic rings. The summed E-state index contributed by atoms with van der Waals surface area (Å²) < 4.78 is 0. The Balaban J connectivity index is 2.34. The van der Waals surface area contributed by atoms with Crippen LogP contribution in [0.15, 0.2) is 30.5 Å². The molecule has 0 spiro atoms. The van der Waals surface area contributed by atoms with Gasteiger partial charge in [-0.2, -0.15) is 0 Å². The zero-order valence-electron chi connectivity index (χ0n) is 22.8. The standard InChI is InChI=1S/C27H40N6O6/c1-5-15(4)22(29)26(37)31-19(10-11-21(28)34)24(35)32-20(25(36)33-23(14(2)3)27(38)39)12-16-13-30-18-9-7-6-8-17(16)18/h6-9,13-15,19-20,22-23,30H,5,10-12,29H2,1-4H3,(H2,28,34)(H,31,37)(H,32,35)(H,33,36)(H,38,39). The molecule has 4 amide bonds. The number of nitrogens with two attached hydrogens (primary N) is 2. The van der Waals surface area contributed by atoms with Crippen molar-refractivity contribution in [2.45, 2.75) is 77.5 Å². The Morgan fingerprint density at radius 1 is 0.949 bits per heavy atom. The van der Waals surface area contributed by atoms with Crippen molar-refractivity contribution in [2.75, 3.05) is 0 Å². The molecule has 12 heteroatoms. The van der Waals surface area contributed by atoms with Gasteiger partial charge in [-0.05, 0) is 29.9 Å². The van der Waals surface area contributed by atoms with Gasteiger partial charge in [0.05, 0.1) is 6.04 Å². The van der Waals surface area contributed by atoms with Crippen molar-refractivity contribution in [2.24, 2.45) is 23.3 Å². The average Bonchev–Trinajstić information content (AvgIpc) is 3.30. The number of para-hydroxylation sites is 1. The Kier molecular flexibility index (Phi) is 11.5. The normalized spacial score (nSPS) is 15.1. The molecule has 0 aliphatic rings. The fourth-order valence-corrected chi connectivity index (χ4v) is 4.11. The molecular formula is C27H40N6O6. The van der Waals surface area contributed by atoms with Gasteiger partial charge in [-0.25, -0.2) is 4.79 Å². The third-order valence-corrected chi connectivity index (χ3v) is 6.83. The van der Waals surface area contributed by atoms with Crippen LogP contribution >= 0.6 is 0 Å². The molecule has 0 fully saturated rings. The molecule has 1 heterocycles. The number of primary amides is 1. The number of benzene rings is 1. The first kappa shape index (κ1) is 31.3. The summed E-state index contributed by atoms with van der Waals surface area (Å²) in [5.74, 6) is -4.45. The number of hydrogen-bond donors (Lipinski definition) is 7. The lowest BCUT2D eigenvalue weighted by Crippen LogP contribution is -2.58. The van der Waals surface area contributed by atoms with Crippen LogP contribution in [0.5, 0.6) is 0 Å². The molecule has 5 atom stereocenters. The Morgan fingerprint density at radius 2 is 1.56 bits per heavy atom. The minimum Gasteiger partial charge on any atom is -0.480 e. The fourth-order valence-electron chi connectivity index (χ4n) is 4.11. The van der Waals surface area contributed by atoms with Gasteiger partial charge < -0.3 is 37.5 Å². The minimum absolute atomic E-state index is 0.0366. The van der Waals surface area contributed by atoms with Gasteiger partial charge in [0.25, 0.3) is 0 Å². The smallest absolute Gasteiger partial charge is 0.326 e. The quantitative estimate of drug-likeness (QED) is 0.169. The number of hydrogen-bond acceptors (Lipinski definition) is 6. The molecule has 0 saturated carbocycles. The first-order valence-electron chi connectivity index (χ1n) is 13.1. The SMILES string of the molecule is CCC(C)C(N)C(=O)NC(CCC(N)=O)C(=O)NC(Cc1c[nH]c2ccccc12)C(=O)NC(C(=O)O)C(C)C. The maximum absolute atomic E-state index is 13.4. The molecule has 0 aliphatic heterocycles. The maximum atomic E-state index is 13.4. The van der Waals surface area contributed by atoms with Crippen molar-refractivity contribution in [1.82, 2.24) is 20.9 Å². The molecule has 12 nitrogen and oxygen atoms in total. The Hall–Kier alpha value is -3.93. The summed E-state index contributed by atoms with van der Waals surface area (Å²) in [5, 5.41) is 18.1. The van der Waals surface area contributed by atoms with Crippen molar-refractivity contribution < 1.29 is 29.1 Å². The molecule has 5 unspecified atom stereocenters. The van der Waals surface area contributed by atoms with E-state index in [1.807, 2.05) is 31.2 Å². The Labute approximate surface area is 227 Å². The lowest BCUT2D eigenvalue weighted by atomic mass is 9.98. The molecular weight excluding hydrogens is 504 g/mol. The van der Waals surface area contributed by atoms with E-state index in [-0.39, 0.29) is 25.2 Å². The van der Waals surface area contributed by atoms with Crippen LogP contribution in [-0.2, 0) is 30.4 Å². The van der Waals surface area contributed by atoms with Gasteiger partial charge in [0.2, 0.25) is 23.6 Å². The number of fused-ring (bicyclic) bond motifs is 1. The maximum Gasteiger partial charge on any atom is 0.326 e. The van der Waals surface area contributed by atoms with Gasteiger partial charge in [-0.1, -0.05) is 52.3 Å². The number of carbonyl (C=O) groups excluding carboxylic acids is 4. The second-order valence-electron chi connectivity index (χ2n) is 10.2. The molecule has 0 aliphatic carbocycles. The van der Waals surface area contributed by atoms with Crippen LogP contribution in [-0.4, -0.2) is 63.9 Å². The average molecular weight is 545 g/mol. The van der Waals surface area contributed by atoms with E-state index in [0.717, 1.165) is 16.5 Å². The highest BCUT2D eigenvalue weighted by molar-refractivity contribution is 5.95. The number of aromatic amines is 1. The second-order valence-corrected chi connectivity index (χ2v) is 10.2. The summed E-state index contributed by atoms with van der Waals surface area (Å²) in [6, 6.07) is 2.96. The summed E-state index contributed by atoms with van der Waals surface area (Å²) in [7, 11) is 0. The van der Waals surface area contributed by atoms with Gasteiger partial charge in [0.1, 0.15) is 18.1 Å². The highest BCUT2D eigenvalue weighted by Gasteiger charge is 2.32. The highest BCUT2D eigenvalue weighted by atomic mass is 16.4. The van der Waals surface area contributed by atoms with Crippen LogP contribution in [0, 0.1) is 11.8 Å². The van der Waals surface area contributed by atoms with Crippen LogP contribution in [0.4, 0.5) is 0 Å². The first-order chi connectivity index (χ1) is 18.3. The van der Waals surface area contributed by atoms with E-state index >= 15 is 0 Å². The van der Waals surface area contributed by atoms with E-state index in [9.17, 15) is 29.1 Å². The number of aromatic nitrogens is 1. The lowest BCUT2D eigenvalue weighted by molar-refractivity contribution is -0.143. The number of carboxylic acids is 1. The van der Waals surface area contributed by atoms with Crippen LogP contribution < -0.4 is 27.4 Å². The van der Waals surface area contributed by atoms with E-state index in [4.69, 9.17) is 11.5 Å². The molecule has 0 saturated heterocycles. The molecule has 214 valence electrons. The third kappa shape index (κ3) is 8.81. The van der Waals surface area contributed by atoms with Gasteiger partial charge in [-0.15, -0.1) is 0 Å². The highest BCUT2D eigenvalue weighted by Crippen LogP contribution is 2.19. The summed E-state index contributed by atoms with van der Waals surface area (Å²) >= 11 is 0. The van der Waals surface area contributed by atoms with E-state index < -0.39 is 59.7 Å². The zero-order valence-corrected chi connectivity index (χ0v) is 22.8. The van der Waals surface area contributed by atoms with Gasteiger partial charge in [-0.3, -0.25) is 19.2 Å². The van der Waals surface area contributed by atoms with E-state index in [1.54, 1.807) is 27.0 Å². The van der Waals surface area contributed by atoms with Gasteiger partial charge >= 0.3 is 5.97 Å². The molecule has 39 heavy (non-hydrogen) atoms. The third-order valence-electron chi connectivity index (χ3n) is 6.83. The molecule has 1 aromatic heterocycles. The zero-order chi connectivity index (χ0) is 29.3. The van der Waals surface area contributed by atoms with Gasteiger partial charge in [0, 0.05) is 29.9 Å². The van der Waals surface area contributed by atoms with Crippen LogP contribution in [0.3, 0.4) is 0 Å². The predicted octanol–water partition coefficient (Wildman–Crippen LogP) is 0.544. The van der Waals surface area contributed by atoms with Crippen molar-refractivity contribution in [3.05, 3.63) is 36.0 Å². The number of nitrogens with one attached hydrogen (secondary N) is 4. The molecule has 2 rings (SSSR count). The largest absolute Gasteiger partial charge is 0.480 e. The van der Waals surface area contributed by atoms with E-state index in [1.165, 1.54) is 0 Å². The minimum atomic E-state index is -1.21. The lowest BCUT2D eigenvalue weighted by Gasteiger charge is -2.26. The van der Waals surface area contributed by atoms with Crippen LogP contribution in [0.2, 0.25) is 0 Å². The molecule has 9 N–H and O–H groups in total. The predicted molar refractivity (Wildman–Crippen MR) is 146 cm³/mol. The number of carbonyl (C=O) groups is 5. The van der Waals surface area contributed by atoms with Crippen LogP contribution in [0.1, 0.15) is 52.5 Å². The molecule has 1 aromatic carbocycles. The van der Waals surface area contributed by atoms with Crippen molar-refractivity contribution in [3.8, 4) is 0 Å². The first-order valence-corrected chi connectivity index (χ1v) is 13.1. The topological polar surface area (TPSA) is 209 Å². The number of amides is 4. The number of carboxylic acid groups (broad SMARTS) is 1. The van der Waals surface area contributed by atoms with E-state index in [2.05, 4.69) is 20.9 Å².